The highest BCUT2D eigenvalue weighted by Crippen LogP contribution is 2.24. The van der Waals surface area contributed by atoms with Crippen LogP contribution in [-0.2, 0) is 6.54 Å². The molecule has 1 fully saturated rings. The smallest absolute Gasteiger partial charge is 0.131 e. The van der Waals surface area contributed by atoms with Crippen LogP contribution in [0.15, 0.2) is 42.6 Å². The zero-order valence-corrected chi connectivity index (χ0v) is 11.3. The van der Waals surface area contributed by atoms with Gasteiger partial charge in [0.25, 0.3) is 0 Å². The second kappa shape index (κ2) is 5.59. The van der Waals surface area contributed by atoms with Gasteiger partial charge in [0.1, 0.15) is 12.0 Å². The van der Waals surface area contributed by atoms with Crippen LogP contribution in [0.25, 0.3) is 11.1 Å². The number of pyridine rings is 1. The van der Waals surface area contributed by atoms with Crippen molar-refractivity contribution >= 4 is 5.82 Å². The van der Waals surface area contributed by atoms with Gasteiger partial charge in [-0.2, -0.15) is 0 Å². The topological polar surface area (TPSA) is 42.1 Å². The fraction of sp³-hybridized carbons (Fsp3) is 0.312. The van der Waals surface area contributed by atoms with Crippen LogP contribution in [0.5, 0.6) is 0 Å². The van der Waals surface area contributed by atoms with E-state index in [-0.39, 0.29) is 0 Å². The molecule has 1 aromatic heterocycles. The summed E-state index contributed by atoms with van der Waals surface area (Å²) in [5.41, 5.74) is 9.08. The number of aromatic nitrogens is 1. The van der Waals surface area contributed by atoms with Crippen LogP contribution in [0.2, 0.25) is 0 Å². The Balaban J connectivity index is 1.73. The van der Waals surface area contributed by atoms with E-state index in [1.807, 2.05) is 24.3 Å². The number of hydrogen-bond acceptors (Lipinski definition) is 3. The van der Waals surface area contributed by atoms with Gasteiger partial charge in [-0.3, -0.25) is 4.90 Å². The molecule has 0 spiro atoms. The summed E-state index contributed by atoms with van der Waals surface area (Å²) in [6, 6.07) is 12.1. The Morgan fingerprint density at radius 1 is 1.25 bits per heavy atom. The molecule has 2 heterocycles. The maximum atomic E-state index is 13.1. The predicted octanol–water partition coefficient (Wildman–Crippen LogP) is 2.87. The molecule has 1 aliphatic rings. The predicted molar refractivity (Wildman–Crippen MR) is 78.9 cm³/mol. The lowest BCUT2D eigenvalue weighted by Crippen LogP contribution is -2.20. The molecule has 3 nitrogen and oxygen atoms in total. The van der Waals surface area contributed by atoms with Crippen molar-refractivity contribution in [2.24, 2.45) is 0 Å². The van der Waals surface area contributed by atoms with Gasteiger partial charge in [0.05, 0.1) is 0 Å². The lowest BCUT2D eigenvalue weighted by Gasteiger charge is -2.15. The number of rotatable bonds is 3. The maximum absolute atomic E-state index is 13.1. The molecule has 4 heteroatoms. The number of benzene rings is 1. The third-order valence-corrected chi connectivity index (χ3v) is 3.72. The molecule has 0 amide bonds. The summed E-state index contributed by atoms with van der Waals surface area (Å²) in [4.78, 5) is 6.25. The summed E-state index contributed by atoms with van der Waals surface area (Å²) in [6.07, 6.45) is 1.68. The normalized spacial score (nSPS) is 19.4. The van der Waals surface area contributed by atoms with Gasteiger partial charge in [-0.05, 0) is 29.7 Å². The molecular formula is C16H18FN3. The van der Waals surface area contributed by atoms with E-state index in [0.29, 0.717) is 18.8 Å². The second-order valence-corrected chi connectivity index (χ2v) is 5.25. The highest BCUT2D eigenvalue weighted by molar-refractivity contribution is 5.73. The Bertz CT molecular complexity index is 583. The van der Waals surface area contributed by atoms with E-state index in [4.69, 9.17) is 5.73 Å². The molecule has 0 bridgehead atoms. The number of alkyl halides is 1. The molecule has 1 aromatic carbocycles. The number of nitrogen functional groups attached to an aromatic ring is 1. The molecular weight excluding hydrogens is 253 g/mol. The van der Waals surface area contributed by atoms with Gasteiger partial charge in [0, 0.05) is 31.4 Å². The van der Waals surface area contributed by atoms with E-state index in [0.717, 1.165) is 24.2 Å². The third kappa shape index (κ3) is 2.80. The van der Waals surface area contributed by atoms with Crippen molar-refractivity contribution in [1.29, 1.82) is 0 Å². The first-order chi connectivity index (χ1) is 9.72. The molecule has 0 aliphatic carbocycles. The monoisotopic (exact) mass is 271 g/mol. The third-order valence-electron chi connectivity index (χ3n) is 3.72. The van der Waals surface area contributed by atoms with E-state index >= 15 is 0 Å². The van der Waals surface area contributed by atoms with Gasteiger partial charge < -0.3 is 5.73 Å². The molecule has 2 aromatic rings. The second-order valence-electron chi connectivity index (χ2n) is 5.25. The van der Waals surface area contributed by atoms with Crippen molar-refractivity contribution < 1.29 is 4.39 Å². The van der Waals surface area contributed by atoms with Gasteiger partial charge >= 0.3 is 0 Å². The Morgan fingerprint density at radius 2 is 2.05 bits per heavy atom. The van der Waals surface area contributed by atoms with E-state index in [1.54, 1.807) is 6.20 Å². The van der Waals surface area contributed by atoms with E-state index < -0.39 is 6.17 Å². The summed E-state index contributed by atoms with van der Waals surface area (Å²) < 4.78 is 13.1. The van der Waals surface area contributed by atoms with Crippen LogP contribution in [0.3, 0.4) is 0 Å². The number of nitrogens with zero attached hydrogens (tertiary/aromatic N) is 2. The van der Waals surface area contributed by atoms with Crippen molar-refractivity contribution in [3.05, 3.63) is 48.2 Å². The minimum absolute atomic E-state index is 0.542. The van der Waals surface area contributed by atoms with Gasteiger partial charge in [-0.25, -0.2) is 9.37 Å². The zero-order chi connectivity index (χ0) is 13.9. The van der Waals surface area contributed by atoms with E-state index in [1.165, 1.54) is 5.56 Å². The number of anilines is 1. The highest BCUT2D eigenvalue weighted by Gasteiger charge is 2.21. The van der Waals surface area contributed by atoms with Crippen LogP contribution in [-0.4, -0.2) is 29.1 Å². The maximum Gasteiger partial charge on any atom is 0.131 e. The van der Waals surface area contributed by atoms with Crippen LogP contribution in [0.4, 0.5) is 10.2 Å². The standard InChI is InChI=1S/C16H18FN3/c17-14-7-9-20(11-14)10-12-3-5-13(6-4-12)15-2-1-8-19-16(15)18/h1-6,8,14H,7,9-11H2,(H2,18,19)/t14-/m1/s1. The minimum atomic E-state index is -0.663. The summed E-state index contributed by atoms with van der Waals surface area (Å²) >= 11 is 0. The molecule has 1 atom stereocenters. The Morgan fingerprint density at radius 3 is 2.70 bits per heavy atom. The van der Waals surface area contributed by atoms with Crippen molar-refractivity contribution in [3.63, 3.8) is 0 Å². The lowest BCUT2D eigenvalue weighted by molar-refractivity contribution is 0.282. The van der Waals surface area contributed by atoms with E-state index in [9.17, 15) is 4.39 Å². The van der Waals surface area contributed by atoms with Crippen molar-refractivity contribution in [3.8, 4) is 11.1 Å². The summed E-state index contributed by atoms with van der Waals surface area (Å²) in [6.45, 7) is 2.21. The van der Waals surface area contributed by atoms with Crippen molar-refractivity contribution in [1.82, 2.24) is 9.88 Å². The average Bonchev–Trinajstić information content (AvgIpc) is 2.86. The van der Waals surface area contributed by atoms with Gasteiger partial charge in [-0.1, -0.05) is 24.3 Å². The number of nitrogens with two attached hydrogens (primary N) is 1. The van der Waals surface area contributed by atoms with Crippen LogP contribution >= 0.6 is 0 Å². The number of hydrogen-bond donors (Lipinski definition) is 1. The molecule has 0 unspecified atom stereocenters. The zero-order valence-electron chi connectivity index (χ0n) is 11.3. The Hall–Kier alpha value is -1.94. The SMILES string of the molecule is Nc1ncccc1-c1ccc(CN2CC[C@@H](F)C2)cc1. The first kappa shape index (κ1) is 13.1. The summed E-state index contributed by atoms with van der Waals surface area (Å²) in [7, 11) is 0. The van der Waals surface area contributed by atoms with Crippen LogP contribution in [0, 0.1) is 0 Å². The fourth-order valence-electron chi connectivity index (χ4n) is 2.64. The molecule has 104 valence electrons. The number of halogens is 1. The molecule has 0 radical (unpaired) electrons. The van der Waals surface area contributed by atoms with E-state index in [2.05, 4.69) is 22.0 Å². The van der Waals surface area contributed by atoms with Crippen LogP contribution < -0.4 is 5.73 Å². The van der Waals surface area contributed by atoms with Crippen LogP contribution in [0.1, 0.15) is 12.0 Å². The van der Waals surface area contributed by atoms with Crippen molar-refractivity contribution in [2.45, 2.75) is 19.1 Å². The van der Waals surface area contributed by atoms with Gasteiger partial charge in [0.15, 0.2) is 0 Å². The lowest BCUT2D eigenvalue weighted by atomic mass is 10.0. The molecule has 1 saturated heterocycles. The first-order valence-corrected chi connectivity index (χ1v) is 6.88. The highest BCUT2D eigenvalue weighted by atomic mass is 19.1. The quantitative estimate of drug-likeness (QED) is 0.933. The average molecular weight is 271 g/mol. The molecule has 0 saturated carbocycles. The largest absolute Gasteiger partial charge is 0.383 e. The van der Waals surface area contributed by atoms with Gasteiger partial charge in [-0.15, -0.1) is 0 Å². The Kier molecular flexibility index (Phi) is 3.65. The molecule has 20 heavy (non-hydrogen) atoms. The fourth-order valence-corrected chi connectivity index (χ4v) is 2.64. The molecule has 1 aliphatic heterocycles. The molecule has 2 N–H and O–H groups in total. The van der Waals surface area contributed by atoms with Crippen molar-refractivity contribution in [2.75, 3.05) is 18.8 Å². The summed E-state index contributed by atoms with van der Waals surface area (Å²) in [5, 5.41) is 0. The first-order valence-electron chi connectivity index (χ1n) is 6.88. The number of likely N-dealkylation sites (tertiary alicyclic amines) is 1. The molecule has 3 rings (SSSR count). The van der Waals surface area contributed by atoms with Gasteiger partial charge in [0.2, 0.25) is 0 Å². The Labute approximate surface area is 118 Å². The summed E-state index contributed by atoms with van der Waals surface area (Å²) in [5.74, 6) is 0.542. The minimum Gasteiger partial charge on any atom is -0.383 e.